The highest BCUT2D eigenvalue weighted by molar-refractivity contribution is 5.76. The standard InChI is InChI=1S/C12H14N4O3/c1-15(7-9-5-6-19-8-9)11-4-2-3-10(14-13)12(11)16(17)18/h2-6,8,14H,7,13H2,1H3. The number of hydrogen-bond donors (Lipinski definition) is 2. The van der Waals surface area contributed by atoms with Crippen LogP contribution >= 0.6 is 0 Å². The average molecular weight is 262 g/mol. The van der Waals surface area contributed by atoms with Gasteiger partial charge in [0.2, 0.25) is 0 Å². The maximum absolute atomic E-state index is 11.2. The normalized spacial score (nSPS) is 10.2. The summed E-state index contributed by atoms with van der Waals surface area (Å²) in [4.78, 5) is 12.5. The van der Waals surface area contributed by atoms with Crippen LogP contribution in [0.1, 0.15) is 5.56 Å². The second kappa shape index (κ2) is 5.40. The van der Waals surface area contributed by atoms with Crippen molar-refractivity contribution in [1.82, 2.24) is 0 Å². The molecule has 1 aromatic heterocycles. The summed E-state index contributed by atoms with van der Waals surface area (Å²) in [5.74, 6) is 5.31. The molecule has 0 aliphatic rings. The lowest BCUT2D eigenvalue weighted by molar-refractivity contribution is -0.383. The Balaban J connectivity index is 2.35. The lowest BCUT2D eigenvalue weighted by Gasteiger charge is -2.19. The summed E-state index contributed by atoms with van der Waals surface area (Å²) in [7, 11) is 1.77. The quantitative estimate of drug-likeness (QED) is 0.486. The third kappa shape index (κ3) is 2.66. The van der Waals surface area contributed by atoms with Crippen molar-refractivity contribution in [3.05, 3.63) is 52.5 Å². The SMILES string of the molecule is CN(Cc1ccoc1)c1cccc(NN)c1[N+](=O)[O-]. The highest BCUT2D eigenvalue weighted by Crippen LogP contribution is 2.34. The molecule has 1 aromatic carbocycles. The molecular weight excluding hydrogens is 248 g/mol. The smallest absolute Gasteiger partial charge is 0.316 e. The molecule has 3 N–H and O–H groups in total. The van der Waals surface area contributed by atoms with E-state index in [9.17, 15) is 10.1 Å². The summed E-state index contributed by atoms with van der Waals surface area (Å²) in [5.41, 5.74) is 4.00. The lowest BCUT2D eigenvalue weighted by Crippen LogP contribution is -2.18. The van der Waals surface area contributed by atoms with Crippen molar-refractivity contribution in [2.24, 2.45) is 5.84 Å². The first kappa shape index (κ1) is 12.9. The molecular formula is C12H14N4O3. The van der Waals surface area contributed by atoms with Crippen LogP contribution in [-0.2, 0) is 6.54 Å². The molecule has 0 unspecified atom stereocenters. The number of rotatable bonds is 5. The maximum atomic E-state index is 11.2. The summed E-state index contributed by atoms with van der Waals surface area (Å²) >= 11 is 0. The Labute approximate surface area is 109 Å². The fourth-order valence-electron chi connectivity index (χ4n) is 1.89. The molecule has 0 spiro atoms. The van der Waals surface area contributed by atoms with Crippen LogP contribution in [0.3, 0.4) is 0 Å². The van der Waals surface area contributed by atoms with E-state index in [-0.39, 0.29) is 11.4 Å². The Morgan fingerprint density at radius 3 is 2.84 bits per heavy atom. The van der Waals surface area contributed by atoms with Gasteiger partial charge in [-0.2, -0.15) is 0 Å². The number of nitrogen functional groups attached to an aromatic ring is 1. The molecule has 0 fully saturated rings. The minimum absolute atomic E-state index is 0.0454. The predicted molar refractivity (Wildman–Crippen MR) is 71.7 cm³/mol. The molecule has 0 aliphatic carbocycles. The van der Waals surface area contributed by atoms with Crippen molar-refractivity contribution in [3.8, 4) is 0 Å². The van der Waals surface area contributed by atoms with E-state index in [4.69, 9.17) is 10.3 Å². The summed E-state index contributed by atoms with van der Waals surface area (Å²) < 4.78 is 4.98. The fraction of sp³-hybridized carbons (Fsp3) is 0.167. The molecule has 0 radical (unpaired) electrons. The molecule has 0 atom stereocenters. The van der Waals surface area contributed by atoms with Crippen LogP contribution in [0.25, 0.3) is 0 Å². The second-order valence-electron chi connectivity index (χ2n) is 4.06. The molecule has 7 heteroatoms. The van der Waals surface area contributed by atoms with Gasteiger partial charge < -0.3 is 14.7 Å². The van der Waals surface area contributed by atoms with Gasteiger partial charge in [0.05, 0.1) is 17.4 Å². The number of furan rings is 1. The Bertz CT molecular complexity index is 568. The number of anilines is 2. The lowest BCUT2D eigenvalue weighted by atomic mass is 10.2. The topological polar surface area (TPSA) is 97.6 Å². The Kier molecular flexibility index (Phi) is 3.67. The van der Waals surface area contributed by atoms with Crippen molar-refractivity contribution >= 4 is 17.1 Å². The molecule has 2 aromatic rings. The van der Waals surface area contributed by atoms with Crippen LogP contribution in [0.5, 0.6) is 0 Å². The second-order valence-corrected chi connectivity index (χ2v) is 4.06. The van der Waals surface area contributed by atoms with Gasteiger partial charge >= 0.3 is 5.69 Å². The highest BCUT2D eigenvalue weighted by atomic mass is 16.6. The minimum Gasteiger partial charge on any atom is -0.472 e. The van der Waals surface area contributed by atoms with E-state index in [1.807, 2.05) is 6.07 Å². The minimum atomic E-state index is -0.448. The number of hydrazine groups is 1. The third-order valence-corrected chi connectivity index (χ3v) is 2.76. The van der Waals surface area contributed by atoms with Crippen LogP contribution in [0.2, 0.25) is 0 Å². The van der Waals surface area contributed by atoms with E-state index in [2.05, 4.69) is 5.43 Å². The van der Waals surface area contributed by atoms with Gasteiger partial charge in [0.25, 0.3) is 0 Å². The Hall–Kier alpha value is -2.54. The average Bonchev–Trinajstić information content (AvgIpc) is 2.90. The van der Waals surface area contributed by atoms with E-state index in [1.54, 1.807) is 42.7 Å². The first-order valence-corrected chi connectivity index (χ1v) is 5.59. The molecule has 0 aliphatic heterocycles. The molecule has 0 bridgehead atoms. The number of nitrogens with one attached hydrogen (secondary N) is 1. The maximum Gasteiger partial charge on any atom is 0.316 e. The molecule has 19 heavy (non-hydrogen) atoms. The number of nitrogens with two attached hydrogens (primary N) is 1. The number of nitrogens with zero attached hydrogens (tertiary/aromatic N) is 2. The van der Waals surface area contributed by atoms with Gasteiger partial charge in [0.1, 0.15) is 11.4 Å². The van der Waals surface area contributed by atoms with Gasteiger partial charge in [-0.1, -0.05) is 6.07 Å². The van der Waals surface area contributed by atoms with Crippen LogP contribution in [-0.4, -0.2) is 12.0 Å². The number of benzene rings is 1. The molecule has 1 heterocycles. The van der Waals surface area contributed by atoms with E-state index >= 15 is 0 Å². The number of hydrogen-bond acceptors (Lipinski definition) is 6. The number of nitro groups is 1. The molecule has 0 saturated carbocycles. The van der Waals surface area contributed by atoms with Crippen LogP contribution in [0, 0.1) is 10.1 Å². The van der Waals surface area contributed by atoms with Crippen molar-refractivity contribution in [2.45, 2.75) is 6.54 Å². The van der Waals surface area contributed by atoms with Crippen molar-refractivity contribution in [2.75, 3.05) is 17.4 Å². The van der Waals surface area contributed by atoms with Gasteiger partial charge in [-0.05, 0) is 18.2 Å². The fourth-order valence-corrected chi connectivity index (χ4v) is 1.89. The van der Waals surface area contributed by atoms with Crippen LogP contribution < -0.4 is 16.2 Å². The van der Waals surface area contributed by atoms with Gasteiger partial charge in [0, 0.05) is 19.2 Å². The number of para-hydroxylation sites is 1. The van der Waals surface area contributed by atoms with Crippen molar-refractivity contribution in [1.29, 1.82) is 0 Å². The Morgan fingerprint density at radius 2 is 2.26 bits per heavy atom. The first-order chi connectivity index (χ1) is 9.13. The van der Waals surface area contributed by atoms with Gasteiger partial charge in [-0.15, -0.1) is 0 Å². The van der Waals surface area contributed by atoms with E-state index in [1.165, 1.54) is 0 Å². The zero-order valence-electron chi connectivity index (χ0n) is 10.4. The highest BCUT2D eigenvalue weighted by Gasteiger charge is 2.21. The molecule has 100 valence electrons. The third-order valence-electron chi connectivity index (χ3n) is 2.76. The monoisotopic (exact) mass is 262 g/mol. The largest absolute Gasteiger partial charge is 0.472 e. The zero-order chi connectivity index (χ0) is 13.8. The van der Waals surface area contributed by atoms with Gasteiger partial charge in [0.15, 0.2) is 0 Å². The summed E-state index contributed by atoms with van der Waals surface area (Å²) in [6.45, 7) is 0.505. The molecule has 0 amide bonds. The van der Waals surface area contributed by atoms with Gasteiger partial charge in [-0.25, -0.2) is 0 Å². The Morgan fingerprint density at radius 1 is 1.47 bits per heavy atom. The predicted octanol–water partition coefficient (Wildman–Crippen LogP) is 2.11. The van der Waals surface area contributed by atoms with Crippen molar-refractivity contribution < 1.29 is 9.34 Å². The van der Waals surface area contributed by atoms with E-state index in [0.29, 0.717) is 12.2 Å². The molecule has 2 rings (SSSR count). The summed E-state index contributed by atoms with van der Waals surface area (Å²) in [6.07, 6.45) is 3.17. The summed E-state index contributed by atoms with van der Waals surface area (Å²) in [6, 6.07) is 6.77. The summed E-state index contributed by atoms with van der Waals surface area (Å²) in [5, 5.41) is 11.2. The van der Waals surface area contributed by atoms with Crippen LogP contribution in [0.4, 0.5) is 17.1 Å². The van der Waals surface area contributed by atoms with Crippen LogP contribution in [0.15, 0.2) is 41.2 Å². The van der Waals surface area contributed by atoms with E-state index in [0.717, 1.165) is 5.56 Å². The van der Waals surface area contributed by atoms with Gasteiger partial charge in [-0.3, -0.25) is 16.0 Å². The van der Waals surface area contributed by atoms with Crippen molar-refractivity contribution in [3.63, 3.8) is 0 Å². The number of nitro benzene ring substituents is 1. The zero-order valence-corrected chi connectivity index (χ0v) is 10.4. The molecule has 7 nitrogen and oxygen atoms in total. The first-order valence-electron chi connectivity index (χ1n) is 5.59. The van der Waals surface area contributed by atoms with E-state index < -0.39 is 4.92 Å². The molecule has 0 saturated heterocycles.